The molecule has 7 heteroatoms. The lowest BCUT2D eigenvalue weighted by molar-refractivity contribution is -0.132. The van der Waals surface area contributed by atoms with Crippen LogP contribution in [0.1, 0.15) is 17.5 Å². The molecule has 0 bridgehead atoms. The van der Waals surface area contributed by atoms with Crippen molar-refractivity contribution in [3.05, 3.63) is 65.2 Å². The third-order valence-electron chi connectivity index (χ3n) is 4.43. The van der Waals surface area contributed by atoms with E-state index in [4.69, 9.17) is 9.57 Å². The highest BCUT2D eigenvalue weighted by Gasteiger charge is 2.32. The summed E-state index contributed by atoms with van der Waals surface area (Å²) in [6, 6.07) is 10.6. The van der Waals surface area contributed by atoms with Crippen LogP contribution in [0.5, 0.6) is 5.75 Å². The maximum Gasteiger partial charge on any atom is 0.264 e. The van der Waals surface area contributed by atoms with Crippen molar-refractivity contribution in [2.75, 3.05) is 6.61 Å². The molecule has 0 aliphatic carbocycles. The predicted octanol–water partition coefficient (Wildman–Crippen LogP) is 2.58. The summed E-state index contributed by atoms with van der Waals surface area (Å²) in [7, 11) is 0. The van der Waals surface area contributed by atoms with Gasteiger partial charge in [0.25, 0.3) is 5.91 Å². The van der Waals surface area contributed by atoms with Crippen LogP contribution >= 0.6 is 0 Å². The Hall–Kier alpha value is -2.96. The number of carbonyl (C=O) groups excluding carboxylic acids is 1. The van der Waals surface area contributed by atoms with Crippen LogP contribution in [-0.4, -0.2) is 30.4 Å². The van der Waals surface area contributed by atoms with Gasteiger partial charge in [-0.05, 0) is 36.2 Å². The SMILES string of the molecule is O=C(NC1COc2ccccc2C1)C1CC(c2cc(F)ccc2F)=NO1. The van der Waals surface area contributed by atoms with E-state index in [1.54, 1.807) is 0 Å². The Bertz CT molecular complexity index is 885. The van der Waals surface area contributed by atoms with Gasteiger partial charge in [0, 0.05) is 12.0 Å². The average Bonchev–Trinajstić information content (AvgIpc) is 3.14. The number of rotatable bonds is 3. The van der Waals surface area contributed by atoms with Crippen LogP contribution in [0.25, 0.3) is 0 Å². The standard InChI is InChI=1S/C19H16F2N2O3/c20-12-5-6-15(21)14(8-12)16-9-18(26-23-16)19(24)22-13-7-11-3-1-2-4-17(11)25-10-13/h1-6,8,13,18H,7,9-10H2,(H,22,24). The number of nitrogens with zero attached hydrogens (tertiary/aromatic N) is 1. The molecule has 1 amide bonds. The summed E-state index contributed by atoms with van der Waals surface area (Å²) in [5.74, 6) is -0.710. The Morgan fingerprint density at radius 2 is 2.00 bits per heavy atom. The topological polar surface area (TPSA) is 59.9 Å². The molecule has 2 aliphatic rings. The molecule has 2 unspecified atom stereocenters. The summed E-state index contributed by atoms with van der Waals surface area (Å²) in [5.41, 5.74) is 1.25. The van der Waals surface area contributed by atoms with Crippen LogP contribution in [0.3, 0.4) is 0 Å². The minimum absolute atomic E-state index is 0.00947. The molecule has 2 atom stereocenters. The van der Waals surface area contributed by atoms with Gasteiger partial charge in [0.05, 0.1) is 11.8 Å². The maximum absolute atomic E-state index is 13.8. The van der Waals surface area contributed by atoms with Crippen molar-refractivity contribution >= 4 is 11.6 Å². The fourth-order valence-corrected chi connectivity index (χ4v) is 3.11. The molecule has 0 fully saturated rings. The monoisotopic (exact) mass is 358 g/mol. The fraction of sp³-hybridized carbons (Fsp3) is 0.263. The molecule has 2 aliphatic heterocycles. The number of para-hydroxylation sites is 1. The predicted molar refractivity (Wildman–Crippen MR) is 90.0 cm³/mol. The van der Waals surface area contributed by atoms with E-state index in [0.29, 0.717) is 13.0 Å². The number of ether oxygens (including phenoxy) is 1. The first-order valence-corrected chi connectivity index (χ1v) is 8.29. The highest BCUT2D eigenvalue weighted by molar-refractivity contribution is 6.04. The maximum atomic E-state index is 13.8. The molecular weight excluding hydrogens is 342 g/mol. The zero-order valence-electron chi connectivity index (χ0n) is 13.7. The molecule has 1 N–H and O–H groups in total. The number of hydrogen-bond acceptors (Lipinski definition) is 4. The second kappa shape index (κ2) is 6.74. The Balaban J connectivity index is 1.38. The van der Waals surface area contributed by atoms with E-state index in [1.807, 2.05) is 24.3 Å². The summed E-state index contributed by atoms with van der Waals surface area (Å²) in [4.78, 5) is 17.6. The molecule has 0 aromatic heterocycles. The summed E-state index contributed by atoms with van der Waals surface area (Å²) >= 11 is 0. The van der Waals surface area contributed by atoms with Crippen molar-refractivity contribution in [2.45, 2.75) is 25.0 Å². The fourth-order valence-electron chi connectivity index (χ4n) is 3.11. The number of carbonyl (C=O) groups is 1. The van der Waals surface area contributed by atoms with Crippen molar-refractivity contribution in [3.63, 3.8) is 0 Å². The van der Waals surface area contributed by atoms with Gasteiger partial charge in [-0.3, -0.25) is 4.79 Å². The number of fused-ring (bicyclic) bond motifs is 1. The first-order valence-electron chi connectivity index (χ1n) is 8.29. The highest BCUT2D eigenvalue weighted by atomic mass is 19.1. The Morgan fingerprint density at radius 3 is 2.88 bits per heavy atom. The Kier molecular flexibility index (Phi) is 4.28. The minimum Gasteiger partial charge on any atom is -0.491 e. The number of nitrogens with one attached hydrogen (secondary N) is 1. The van der Waals surface area contributed by atoms with Crippen LogP contribution in [0.2, 0.25) is 0 Å². The lowest BCUT2D eigenvalue weighted by atomic mass is 10.0. The van der Waals surface area contributed by atoms with Crippen LogP contribution in [0.4, 0.5) is 8.78 Å². The van der Waals surface area contributed by atoms with E-state index in [1.165, 1.54) is 0 Å². The zero-order chi connectivity index (χ0) is 18.1. The zero-order valence-corrected chi connectivity index (χ0v) is 13.7. The summed E-state index contributed by atoms with van der Waals surface area (Å²) < 4.78 is 32.8. The number of halogens is 2. The average molecular weight is 358 g/mol. The van der Waals surface area contributed by atoms with Gasteiger partial charge in [0.15, 0.2) is 0 Å². The van der Waals surface area contributed by atoms with Crippen molar-refractivity contribution in [2.24, 2.45) is 5.16 Å². The van der Waals surface area contributed by atoms with Gasteiger partial charge in [-0.25, -0.2) is 8.78 Å². The van der Waals surface area contributed by atoms with E-state index < -0.39 is 17.7 Å². The van der Waals surface area contributed by atoms with Crippen molar-refractivity contribution in [3.8, 4) is 5.75 Å². The quantitative estimate of drug-likeness (QED) is 0.917. The van der Waals surface area contributed by atoms with Gasteiger partial charge in [-0.1, -0.05) is 23.4 Å². The summed E-state index contributed by atoms with van der Waals surface area (Å²) in [5, 5.41) is 6.63. The van der Waals surface area contributed by atoms with Crippen LogP contribution in [-0.2, 0) is 16.1 Å². The molecule has 134 valence electrons. The second-order valence-corrected chi connectivity index (χ2v) is 6.29. The molecular formula is C19H16F2N2O3. The number of amides is 1. The molecule has 2 aromatic carbocycles. The molecule has 0 spiro atoms. The molecule has 0 saturated carbocycles. The summed E-state index contributed by atoms with van der Waals surface area (Å²) in [6.45, 7) is 0.363. The van der Waals surface area contributed by atoms with E-state index in [9.17, 15) is 13.6 Å². The van der Waals surface area contributed by atoms with Crippen molar-refractivity contribution in [1.82, 2.24) is 5.32 Å². The van der Waals surface area contributed by atoms with E-state index in [-0.39, 0.29) is 29.6 Å². The second-order valence-electron chi connectivity index (χ2n) is 6.29. The van der Waals surface area contributed by atoms with Crippen molar-refractivity contribution < 1.29 is 23.1 Å². The van der Waals surface area contributed by atoms with Crippen LogP contribution in [0, 0.1) is 11.6 Å². The largest absolute Gasteiger partial charge is 0.491 e. The van der Waals surface area contributed by atoms with Gasteiger partial charge in [-0.2, -0.15) is 0 Å². The van der Waals surface area contributed by atoms with Crippen LogP contribution < -0.4 is 10.1 Å². The lowest BCUT2D eigenvalue weighted by Crippen LogP contribution is -2.46. The third kappa shape index (κ3) is 3.24. The molecule has 4 rings (SSSR count). The normalized spacial score (nSPS) is 21.2. The third-order valence-corrected chi connectivity index (χ3v) is 4.43. The molecule has 0 saturated heterocycles. The van der Waals surface area contributed by atoms with E-state index in [2.05, 4.69) is 10.5 Å². The number of oxime groups is 1. The van der Waals surface area contributed by atoms with E-state index >= 15 is 0 Å². The molecule has 0 radical (unpaired) electrons. The minimum atomic E-state index is -0.871. The molecule has 26 heavy (non-hydrogen) atoms. The number of benzene rings is 2. The molecule has 2 aromatic rings. The summed E-state index contributed by atoms with van der Waals surface area (Å²) in [6.07, 6.45) is -0.137. The highest BCUT2D eigenvalue weighted by Crippen LogP contribution is 2.25. The molecule has 5 nitrogen and oxygen atoms in total. The van der Waals surface area contributed by atoms with Crippen molar-refractivity contribution in [1.29, 1.82) is 0 Å². The van der Waals surface area contributed by atoms with Gasteiger partial charge in [0.2, 0.25) is 6.10 Å². The van der Waals surface area contributed by atoms with Crippen LogP contribution in [0.15, 0.2) is 47.6 Å². The smallest absolute Gasteiger partial charge is 0.264 e. The van der Waals surface area contributed by atoms with Gasteiger partial charge in [0.1, 0.15) is 24.0 Å². The number of hydrogen-bond donors (Lipinski definition) is 1. The van der Waals surface area contributed by atoms with Gasteiger partial charge >= 0.3 is 0 Å². The Morgan fingerprint density at radius 1 is 1.15 bits per heavy atom. The molecule has 2 heterocycles. The Labute approximate surface area is 148 Å². The van der Waals surface area contributed by atoms with Gasteiger partial charge in [-0.15, -0.1) is 0 Å². The van der Waals surface area contributed by atoms with E-state index in [0.717, 1.165) is 29.5 Å². The van der Waals surface area contributed by atoms with Gasteiger partial charge < -0.3 is 14.9 Å². The first-order chi connectivity index (χ1) is 12.6. The lowest BCUT2D eigenvalue weighted by Gasteiger charge is -2.26. The first kappa shape index (κ1) is 16.5.